The molecule has 0 spiro atoms. The Bertz CT molecular complexity index is 247. The summed E-state index contributed by atoms with van der Waals surface area (Å²) >= 11 is 0. The Morgan fingerprint density at radius 3 is 2.62 bits per heavy atom. The smallest absolute Gasteiger partial charge is 0.317 e. The minimum atomic E-state index is 0.0333. The zero-order chi connectivity index (χ0) is 9.42. The van der Waals surface area contributed by atoms with Gasteiger partial charge in [-0.15, -0.1) is 0 Å². The molecule has 0 radical (unpaired) electrons. The number of nitrogens with zero attached hydrogens (tertiary/aromatic N) is 1. The van der Waals surface area contributed by atoms with Gasteiger partial charge in [0.2, 0.25) is 0 Å². The number of rotatable bonds is 1. The molecule has 1 N–H and O–H groups in total. The van der Waals surface area contributed by atoms with Gasteiger partial charge >= 0.3 is 6.03 Å². The van der Waals surface area contributed by atoms with Crippen molar-refractivity contribution >= 4 is 6.03 Å². The molecular formula is C10H16N2O. The van der Waals surface area contributed by atoms with Crippen molar-refractivity contribution in [2.24, 2.45) is 11.8 Å². The van der Waals surface area contributed by atoms with E-state index < -0.39 is 0 Å². The molecular weight excluding hydrogens is 164 g/mol. The van der Waals surface area contributed by atoms with E-state index in [1.54, 1.807) is 19.0 Å². The maximum Gasteiger partial charge on any atom is 0.317 e. The fourth-order valence-corrected chi connectivity index (χ4v) is 2.23. The summed E-state index contributed by atoms with van der Waals surface area (Å²) in [6, 6.07) is 0.413. The molecule has 3 nitrogen and oxygen atoms in total. The molecule has 2 aliphatic rings. The van der Waals surface area contributed by atoms with Gasteiger partial charge in [-0.25, -0.2) is 4.79 Å². The third kappa shape index (κ3) is 1.55. The number of hydrogen-bond donors (Lipinski definition) is 1. The molecule has 2 bridgehead atoms. The van der Waals surface area contributed by atoms with Gasteiger partial charge in [0.05, 0.1) is 0 Å². The second kappa shape index (κ2) is 3.05. The van der Waals surface area contributed by atoms with Crippen LogP contribution < -0.4 is 5.32 Å². The molecule has 0 unspecified atom stereocenters. The fourth-order valence-electron chi connectivity index (χ4n) is 2.23. The van der Waals surface area contributed by atoms with Crippen molar-refractivity contribution in [2.75, 3.05) is 14.1 Å². The van der Waals surface area contributed by atoms with E-state index in [0.29, 0.717) is 12.0 Å². The van der Waals surface area contributed by atoms with E-state index in [1.165, 1.54) is 6.42 Å². The molecule has 1 fully saturated rings. The van der Waals surface area contributed by atoms with Gasteiger partial charge in [0, 0.05) is 20.1 Å². The Morgan fingerprint density at radius 2 is 2.15 bits per heavy atom. The monoisotopic (exact) mass is 180 g/mol. The van der Waals surface area contributed by atoms with E-state index in [9.17, 15) is 4.79 Å². The molecule has 72 valence electrons. The molecule has 0 aromatic carbocycles. The standard InChI is InChI=1S/C10H16N2O/c1-12(2)10(13)11-9-6-7-3-4-8(9)5-7/h3-4,7-9H,5-6H2,1-2H3,(H,11,13)/t7-,8+,9+/m0/s1. The highest BCUT2D eigenvalue weighted by molar-refractivity contribution is 5.74. The third-order valence-corrected chi connectivity index (χ3v) is 2.99. The van der Waals surface area contributed by atoms with Gasteiger partial charge in [-0.05, 0) is 24.7 Å². The first kappa shape index (κ1) is 8.60. The Balaban J connectivity index is 1.90. The van der Waals surface area contributed by atoms with Crippen LogP contribution in [0.5, 0.6) is 0 Å². The summed E-state index contributed by atoms with van der Waals surface area (Å²) < 4.78 is 0. The second-order valence-corrected chi connectivity index (χ2v) is 4.23. The van der Waals surface area contributed by atoms with E-state index in [-0.39, 0.29) is 6.03 Å². The summed E-state index contributed by atoms with van der Waals surface area (Å²) in [5.74, 6) is 1.31. The normalized spacial score (nSPS) is 35.1. The number of carbonyl (C=O) groups is 1. The third-order valence-electron chi connectivity index (χ3n) is 2.99. The van der Waals surface area contributed by atoms with Crippen LogP contribution >= 0.6 is 0 Å². The van der Waals surface area contributed by atoms with Crippen LogP contribution in [0.1, 0.15) is 12.8 Å². The van der Waals surface area contributed by atoms with E-state index in [4.69, 9.17) is 0 Å². The average molecular weight is 180 g/mol. The average Bonchev–Trinajstić information content (AvgIpc) is 2.64. The molecule has 0 saturated heterocycles. The highest BCUT2D eigenvalue weighted by atomic mass is 16.2. The zero-order valence-corrected chi connectivity index (χ0v) is 8.16. The predicted octanol–water partition coefficient (Wildman–Crippen LogP) is 1.22. The molecule has 0 aromatic rings. The Kier molecular flexibility index (Phi) is 2.02. The number of urea groups is 1. The lowest BCUT2D eigenvalue weighted by Gasteiger charge is -2.22. The van der Waals surface area contributed by atoms with Crippen LogP contribution in [0, 0.1) is 11.8 Å². The predicted molar refractivity (Wildman–Crippen MR) is 51.4 cm³/mol. The van der Waals surface area contributed by atoms with Crippen LogP contribution in [0.15, 0.2) is 12.2 Å². The molecule has 1 saturated carbocycles. The fraction of sp³-hybridized carbons (Fsp3) is 0.700. The molecule has 13 heavy (non-hydrogen) atoms. The number of amides is 2. The van der Waals surface area contributed by atoms with E-state index in [1.807, 2.05) is 0 Å². The topological polar surface area (TPSA) is 32.3 Å². The summed E-state index contributed by atoms with van der Waals surface area (Å²) in [4.78, 5) is 13.0. The summed E-state index contributed by atoms with van der Waals surface area (Å²) in [6.07, 6.45) is 6.89. The molecule has 3 atom stereocenters. The van der Waals surface area contributed by atoms with Gasteiger partial charge in [0.1, 0.15) is 0 Å². The molecule has 0 heterocycles. The van der Waals surface area contributed by atoms with Gasteiger partial charge in [-0.2, -0.15) is 0 Å². The maximum absolute atomic E-state index is 11.4. The van der Waals surface area contributed by atoms with Crippen LogP contribution in [0.2, 0.25) is 0 Å². The highest BCUT2D eigenvalue weighted by Crippen LogP contribution is 2.38. The molecule has 2 amide bonds. The van der Waals surface area contributed by atoms with Crippen molar-refractivity contribution in [1.82, 2.24) is 10.2 Å². The van der Waals surface area contributed by atoms with E-state index in [0.717, 1.165) is 12.3 Å². The van der Waals surface area contributed by atoms with Crippen molar-refractivity contribution in [1.29, 1.82) is 0 Å². The lowest BCUT2D eigenvalue weighted by atomic mass is 10.0. The first-order chi connectivity index (χ1) is 6.16. The summed E-state index contributed by atoms with van der Waals surface area (Å²) in [5.41, 5.74) is 0. The first-order valence-electron chi connectivity index (χ1n) is 4.83. The van der Waals surface area contributed by atoms with Gasteiger partial charge < -0.3 is 10.2 Å². The van der Waals surface area contributed by atoms with E-state index in [2.05, 4.69) is 17.5 Å². The number of hydrogen-bond acceptors (Lipinski definition) is 1. The van der Waals surface area contributed by atoms with Crippen LogP contribution in [-0.4, -0.2) is 31.1 Å². The zero-order valence-electron chi connectivity index (χ0n) is 8.16. The SMILES string of the molecule is CN(C)C(=O)N[C@@H]1C[C@H]2C=C[C@@H]1C2. The van der Waals surface area contributed by atoms with Crippen LogP contribution in [-0.2, 0) is 0 Å². The Morgan fingerprint density at radius 1 is 1.38 bits per heavy atom. The largest absolute Gasteiger partial charge is 0.335 e. The van der Waals surface area contributed by atoms with E-state index >= 15 is 0 Å². The van der Waals surface area contributed by atoms with Crippen LogP contribution in [0.25, 0.3) is 0 Å². The van der Waals surface area contributed by atoms with Crippen molar-refractivity contribution in [3.63, 3.8) is 0 Å². The lowest BCUT2D eigenvalue weighted by Crippen LogP contribution is -2.43. The molecule has 0 aliphatic heterocycles. The van der Waals surface area contributed by atoms with Crippen molar-refractivity contribution in [2.45, 2.75) is 18.9 Å². The summed E-state index contributed by atoms with van der Waals surface area (Å²) in [6.45, 7) is 0. The molecule has 2 aliphatic carbocycles. The number of carbonyl (C=O) groups excluding carboxylic acids is 1. The number of nitrogens with one attached hydrogen (secondary N) is 1. The minimum Gasteiger partial charge on any atom is -0.335 e. The Labute approximate surface area is 78.8 Å². The summed E-state index contributed by atoms with van der Waals surface area (Å²) in [7, 11) is 3.55. The molecule has 3 heteroatoms. The van der Waals surface area contributed by atoms with Gasteiger partial charge in [-0.1, -0.05) is 12.2 Å². The van der Waals surface area contributed by atoms with Crippen LogP contribution in [0.4, 0.5) is 4.79 Å². The Hall–Kier alpha value is -0.990. The number of fused-ring (bicyclic) bond motifs is 2. The van der Waals surface area contributed by atoms with Crippen LogP contribution in [0.3, 0.4) is 0 Å². The quantitative estimate of drug-likeness (QED) is 0.605. The molecule has 2 rings (SSSR count). The minimum absolute atomic E-state index is 0.0333. The van der Waals surface area contributed by atoms with Crippen molar-refractivity contribution in [3.8, 4) is 0 Å². The van der Waals surface area contributed by atoms with Gasteiger partial charge in [0.15, 0.2) is 0 Å². The van der Waals surface area contributed by atoms with Gasteiger partial charge in [-0.3, -0.25) is 0 Å². The van der Waals surface area contributed by atoms with Crippen molar-refractivity contribution < 1.29 is 4.79 Å². The molecule has 0 aromatic heterocycles. The van der Waals surface area contributed by atoms with Gasteiger partial charge in [0.25, 0.3) is 0 Å². The number of allylic oxidation sites excluding steroid dienone is 1. The second-order valence-electron chi connectivity index (χ2n) is 4.23. The maximum atomic E-state index is 11.4. The summed E-state index contributed by atoms with van der Waals surface area (Å²) in [5, 5.41) is 3.05. The highest BCUT2D eigenvalue weighted by Gasteiger charge is 2.36. The lowest BCUT2D eigenvalue weighted by molar-refractivity contribution is 0.211. The van der Waals surface area contributed by atoms with Crippen molar-refractivity contribution in [3.05, 3.63) is 12.2 Å². The first-order valence-corrected chi connectivity index (χ1v) is 4.83.